The smallest absolute Gasteiger partial charge is 0.346 e. The third kappa shape index (κ3) is 4.69. The van der Waals surface area contributed by atoms with Gasteiger partial charge in [-0.2, -0.15) is 0 Å². The number of aromatic nitrogens is 2. The Morgan fingerprint density at radius 2 is 2.04 bits per heavy atom. The van der Waals surface area contributed by atoms with E-state index >= 15 is 0 Å². The predicted molar refractivity (Wildman–Crippen MR) is 108 cm³/mol. The maximum Gasteiger partial charge on any atom is 0.346 e. The number of H-pyrrole nitrogens is 1. The lowest BCUT2D eigenvalue weighted by molar-refractivity contribution is 0.0919. The molecule has 0 bridgehead atoms. The molecule has 1 atom stereocenters. The number of aromatic amines is 1. The van der Waals surface area contributed by atoms with E-state index in [0.29, 0.717) is 22.3 Å². The number of hydrogen-bond donors (Lipinski definition) is 2. The number of anilines is 2. The number of benzene rings is 1. The summed E-state index contributed by atoms with van der Waals surface area (Å²) in [5.41, 5.74) is 0.754. The normalized spacial score (nSPS) is 16.0. The van der Waals surface area contributed by atoms with Gasteiger partial charge in [-0.05, 0) is 49.9 Å². The van der Waals surface area contributed by atoms with Gasteiger partial charge in [0.2, 0.25) is 0 Å². The van der Waals surface area contributed by atoms with Crippen LogP contribution in [-0.4, -0.2) is 29.0 Å². The van der Waals surface area contributed by atoms with Crippen LogP contribution in [0.1, 0.15) is 49.4 Å². The second kappa shape index (κ2) is 8.57. The van der Waals surface area contributed by atoms with E-state index in [2.05, 4.69) is 22.2 Å². The van der Waals surface area contributed by atoms with Crippen LogP contribution >= 0.6 is 11.6 Å². The standard InChI is InChI=1S/C20H25ClN4O2/c1-13(14-6-4-3-5-7-14)23-19(26)16-12-15(8-9-17(16)21)25(2)18-10-11-22-20(27)24-18/h8-14H,3-7H2,1-2H3,(H,23,26)(H,22,24,27). The molecule has 0 spiro atoms. The summed E-state index contributed by atoms with van der Waals surface area (Å²) < 4.78 is 0. The fourth-order valence-electron chi connectivity index (χ4n) is 3.63. The molecule has 2 aromatic rings. The van der Waals surface area contributed by atoms with Crippen molar-refractivity contribution in [2.24, 2.45) is 5.92 Å². The predicted octanol–water partition coefficient (Wildman–Crippen LogP) is 3.89. The average molecular weight is 389 g/mol. The number of carbonyl (C=O) groups is 1. The molecular weight excluding hydrogens is 364 g/mol. The highest BCUT2D eigenvalue weighted by atomic mass is 35.5. The van der Waals surface area contributed by atoms with Crippen molar-refractivity contribution in [2.45, 2.75) is 45.1 Å². The Morgan fingerprint density at radius 3 is 2.74 bits per heavy atom. The van der Waals surface area contributed by atoms with Gasteiger partial charge >= 0.3 is 5.69 Å². The summed E-state index contributed by atoms with van der Waals surface area (Å²) in [7, 11) is 1.81. The molecule has 1 heterocycles. The summed E-state index contributed by atoms with van der Waals surface area (Å²) in [5, 5.41) is 3.52. The molecule has 0 aliphatic heterocycles. The molecule has 1 aromatic heterocycles. The van der Waals surface area contributed by atoms with E-state index in [4.69, 9.17) is 11.6 Å². The minimum absolute atomic E-state index is 0.117. The van der Waals surface area contributed by atoms with Crippen LogP contribution in [0.5, 0.6) is 0 Å². The van der Waals surface area contributed by atoms with Crippen LogP contribution in [0.4, 0.5) is 11.5 Å². The molecule has 7 heteroatoms. The SMILES string of the molecule is CC(NC(=O)c1cc(N(C)c2ccnc(=O)[nH]2)ccc1Cl)C1CCCCC1. The van der Waals surface area contributed by atoms with Gasteiger partial charge in [0.05, 0.1) is 10.6 Å². The van der Waals surface area contributed by atoms with Crippen LogP contribution in [0.15, 0.2) is 35.3 Å². The highest BCUT2D eigenvalue weighted by Crippen LogP contribution is 2.28. The molecule has 0 radical (unpaired) electrons. The Morgan fingerprint density at radius 1 is 1.30 bits per heavy atom. The molecule has 144 valence electrons. The van der Waals surface area contributed by atoms with Crippen LogP contribution in [0.25, 0.3) is 0 Å². The van der Waals surface area contributed by atoms with Gasteiger partial charge in [0.15, 0.2) is 0 Å². The van der Waals surface area contributed by atoms with Gasteiger partial charge in [-0.3, -0.25) is 9.78 Å². The maximum absolute atomic E-state index is 12.8. The minimum atomic E-state index is -0.424. The highest BCUT2D eigenvalue weighted by Gasteiger charge is 2.23. The third-order valence-electron chi connectivity index (χ3n) is 5.32. The Bertz CT molecular complexity index is 861. The number of hydrogen-bond acceptors (Lipinski definition) is 4. The van der Waals surface area contributed by atoms with Crippen LogP contribution in [-0.2, 0) is 0 Å². The molecular formula is C20H25ClN4O2. The van der Waals surface area contributed by atoms with Crippen LogP contribution < -0.4 is 15.9 Å². The average Bonchev–Trinajstić information content (AvgIpc) is 2.68. The van der Waals surface area contributed by atoms with Gasteiger partial charge in [0.1, 0.15) is 5.82 Å². The van der Waals surface area contributed by atoms with E-state index < -0.39 is 5.69 Å². The van der Waals surface area contributed by atoms with Crippen molar-refractivity contribution in [3.8, 4) is 0 Å². The van der Waals surface area contributed by atoms with Crippen molar-refractivity contribution in [2.75, 3.05) is 11.9 Å². The number of rotatable bonds is 5. The van der Waals surface area contributed by atoms with Crippen LogP contribution in [0.2, 0.25) is 5.02 Å². The largest absolute Gasteiger partial charge is 0.349 e. The van der Waals surface area contributed by atoms with E-state index in [1.54, 1.807) is 30.1 Å². The van der Waals surface area contributed by atoms with Gasteiger partial charge in [-0.25, -0.2) is 9.78 Å². The summed E-state index contributed by atoms with van der Waals surface area (Å²) in [6.45, 7) is 2.07. The Hall–Kier alpha value is -2.34. The van der Waals surface area contributed by atoms with Crippen molar-refractivity contribution in [1.82, 2.24) is 15.3 Å². The Balaban J connectivity index is 1.78. The zero-order valence-corrected chi connectivity index (χ0v) is 16.4. The first-order valence-corrected chi connectivity index (χ1v) is 9.73. The Labute approximate surface area is 164 Å². The van der Waals surface area contributed by atoms with Gasteiger partial charge < -0.3 is 10.2 Å². The summed E-state index contributed by atoms with van der Waals surface area (Å²) in [5.74, 6) is 0.935. The van der Waals surface area contributed by atoms with Gasteiger partial charge in [-0.1, -0.05) is 30.9 Å². The van der Waals surface area contributed by atoms with E-state index in [9.17, 15) is 9.59 Å². The molecule has 27 heavy (non-hydrogen) atoms. The molecule has 0 saturated heterocycles. The van der Waals surface area contributed by atoms with E-state index in [0.717, 1.165) is 18.5 Å². The zero-order chi connectivity index (χ0) is 19.4. The number of halogens is 1. The van der Waals surface area contributed by atoms with E-state index in [1.807, 2.05) is 6.07 Å². The maximum atomic E-state index is 12.8. The topological polar surface area (TPSA) is 78.1 Å². The van der Waals surface area contributed by atoms with Gasteiger partial charge in [0.25, 0.3) is 5.91 Å². The van der Waals surface area contributed by atoms with E-state index in [-0.39, 0.29) is 11.9 Å². The van der Waals surface area contributed by atoms with Crippen LogP contribution in [0, 0.1) is 5.92 Å². The molecule has 1 aliphatic carbocycles. The first-order valence-electron chi connectivity index (χ1n) is 9.35. The van der Waals surface area contributed by atoms with E-state index in [1.165, 1.54) is 25.5 Å². The van der Waals surface area contributed by atoms with Crippen molar-refractivity contribution in [1.29, 1.82) is 0 Å². The second-order valence-corrected chi connectivity index (χ2v) is 7.55. The highest BCUT2D eigenvalue weighted by molar-refractivity contribution is 6.34. The van der Waals surface area contributed by atoms with Crippen molar-refractivity contribution >= 4 is 29.0 Å². The summed E-state index contributed by atoms with van der Waals surface area (Å²) >= 11 is 6.29. The molecule has 1 saturated carbocycles. The molecule has 1 fully saturated rings. The fourth-order valence-corrected chi connectivity index (χ4v) is 3.83. The molecule has 1 amide bonds. The molecule has 6 nitrogen and oxygen atoms in total. The van der Waals surface area contributed by atoms with Crippen LogP contribution in [0.3, 0.4) is 0 Å². The molecule has 1 aliphatic rings. The lowest BCUT2D eigenvalue weighted by Crippen LogP contribution is -2.39. The minimum Gasteiger partial charge on any atom is -0.349 e. The summed E-state index contributed by atoms with van der Waals surface area (Å²) in [6, 6.07) is 7.06. The van der Waals surface area contributed by atoms with Crippen molar-refractivity contribution in [3.63, 3.8) is 0 Å². The number of nitrogens with one attached hydrogen (secondary N) is 2. The first kappa shape index (κ1) is 19.4. The molecule has 1 aromatic carbocycles. The molecule has 1 unspecified atom stereocenters. The molecule has 2 N–H and O–H groups in total. The van der Waals surface area contributed by atoms with Crippen molar-refractivity contribution < 1.29 is 4.79 Å². The molecule has 3 rings (SSSR count). The number of nitrogens with zero attached hydrogens (tertiary/aromatic N) is 2. The first-order chi connectivity index (χ1) is 13.0. The lowest BCUT2D eigenvalue weighted by atomic mass is 9.84. The van der Waals surface area contributed by atoms with Gasteiger partial charge in [-0.15, -0.1) is 0 Å². The summed E-state index contributed by atoms with van der Waals surface area (Å²) in [4.78, 5) is 32.3. The summed E-state index contributed by atoms with van der Waals surface area (Å²) in [6.07, 6.45) is 7.52. The fraction of sp³-hybridized carbons (Fsp3) is 0.450. The number of amides is 1. The van der Waals surface area contributed by atoms with Crippen molar-refractivity contribution in [3.05, 3.63) is 51.5 Å². The Kier molecular flexibility index (Phi) is 6.16. The lowest BCUT2D eigenvalue weighted by Gasteiger charge is -2.28. The van der Waals surface area contributed by atoms with Gasteiger partial charge in [0, 0.05) is 25.0 Å². The zero-order valence-electron chi connectivity index (χ0n) is 15.7. The quantitative estimate of drug-likeness (QED) is 0.814. The second-order valence-electron chi connectivity index (χ2n) is 7.14. The third-order valence-corrected chi connectivity index (χ3v) is 5.65. The number of carbonyl (C=O) groups excluding carboxylic acids is 1. The monoisotopic (exact) mass is 388 g/mol.